The first-order valence-corrected chi connectivity index (χ1v) is 5.17. The monoisotopic (exact) mass is 198 g/mol. The van der Waals surface area contributed by atoms with Crippen LogP contribution in [0.1, 0.15) is 12.0 Å². The molecule has 3 rings (SSSR count). The lowest BCUT2D eigenvalue weighted by molar-refractivity contribution is 0.358. The first-order valence-electron chi connectivity index (χ1n) is 5.17. The quantitative estimate of drug-likeness (QED) is 0.619. The van der Waals surface area contributed by atoms with Crippen molar-refractivity contribution in [2.45, 2.75) is 6.42 Å². The highest BCUT2D eigenvalue weighted by Gasteiger charge is 2.01. The molecule has 0 saturated heterocycles. The van der Waals surface area contributed by atoms with Gasteiger partial charge in [-0.25, -0.2) is 0 Å². The molecule has 0 spiro atoms. The maximum absolute atomic E-state index is 5.34. The van der Waals surface area contributed by atoms with Gasteiger partial charge in [0.1, 0.15) is 12.4 Å². The molecule has 0 radical (unpaired) electrons. The molecule has 1 heteroatoms. The number of hydrogen-bond acceptors (Lipinski definition) is 1. The van der Waals surface area contributed by atoms with Crippen molar-refractivity contribution in [3.05, 3.63) is 60.2 Å². The van der Waals surface area contributed by atoms with Crippen molar-refractivity contribution < 1.29 is 4.74 Å². The zero-order chi connectivity index (χ0) is 10.3. The topological polar surface area (TPSA) is 9.23 Å². The average molecular weight is 198 g/mol. The average Bonchev–Trinajstić information content (AvgIpc) is 2.88. The Balaban J connectivity index is 0.000000144. The number of para-hydroxylation sites is 1. The Hall–Kier alpha value is -1.76. The predicted molar refractivity (Wildman–Crippen MR) is 63.9 cm³/mol. The Morgan fingerprint density at radius 1 is 0.933 bits per heavy atom. The van der Waals surface area contributed by atoms with Gasteiger partial charge < -0.3 is 4.74 Å². The fraction of sp³-hybridized carbons (Fsp3) is 0.143. The number of ether oxygens (including phenoxy) is 1. The summed E-state index contributed by atoms with van der Waals surface area (Å²) in [6, 6.07) is 8.03. The molecule has 0 saturated carbocycles. The summed E-state index contributed by atoms with van der Waals surface area (Å²) in [7, 11) is 0. The minimum atomic E-state index is 0.705. The van der Waals surface area contributed by atoms with E-state index in [9.17, 15) is 0 Å². The first-order chi connectivity index (χ1) is 7.47. The minimum Gasteiger partial charge on any atom is -0.489 e. The number of hydrogen-bond donors (Lipinski definition) is 0. The summed E-state index contributed by atoms with van der Waals surface area (Å²) in [6.45, 7) is 0.705. The zero-order valence-corrected chi connectivity index (χ0v) is 8.60. The highest BCUT2D eigenvalue weighted by atomic mass is 16.5. The van der Waals surface area contributed by atoms with Crippen LogP contribution in [0.4, 0.5) is 0 Å². The van der Waals surface area contributed by atoms with E-state index in [2.05, 4.69) is 30.4 Å². The molecule has 0 bridgehead atoms. The maximum Gasteiger partial charge on any atom is 0.126 e. The van der Waals surface area contributed by atoms with Crippen molar-refractivity contribution in [3.8, 4) is 5.75 Å². The van der Waals surface area contributed by atoms with Crippen molar-refractivity contribution in [2.24, 2.45) is 0 Å². The smallest absolute Gasteiger partial charge is 0.126 e. The van der Waals surface area contributed by atoms with Crippen molar-refractivity contribution in [2.75, 3.05) is 6.61 Å². The third-order valence-corrected chi connectivity index (χ3v) is 2.21. The summed E-state index contributed by atoms with van der Waals surface area (Å²) < 4.78 is 5.34. The van der Waals surface area contributed by atoms with Crippen LogP contribution in [-0.2, 0) is 0 Å². The van der Waals surface area contributed by atoms with E-state index < -0.39 is 0 Å². The van der Waals surface area contributed by atoms with Crippen LogP contribution in [-0.4, -0.2) is 6.61 Å². The molecule has 76 valence electrons. The third-order valence-electron chi connectivity index (χ3n) is 2.21. The summed E-state index contributed by atoms with van der Waals surface area (Å²) >= 11 is 0. The molecule has 1 heterocycles. The molecule has 0 fully saturated rings. The Morgan fingerprint density at radius 2 is 1.73 bits per heavy atom. The summed E-state index contributed by atoms with van der Waals surface area (Å²) in [5.41, 5.74) is 1.17. The molecule has 1 aliphatic heterocycles. The number of fused-ring (bicyclic) bond motifs is 1. The van der Waals surface area contributed by atoms with Gasteiger partial charge >= 0.3 is 0 Å². The van der Waals surface area contributed by atoms with Gasteiger partial charge in [-0.3, -0.25) is 0 Å². The summed E-state index contributed by atoms with van der Waals surface area (Å²) in [5.74, 6) is 0.991. The van der Waals surface area contributed by atoms with Gasteiger partial charge in [-0.1, -0.05) is 48.6 Å². The molecule has 0 unspecified atom stereocenters. The van der Waals surface area contributed by atoms with Crippen LogP contribution in [0.5, 0.6) is 5.75 Å². The van der Waals surface area contributed by atoms with Gasteiger partial charge in [0.25, 0.3) is 0 Å². The second-order valence-electron chi connectivity index (χ2n) is 3.34. The van der Waals surface area contributed by atoms with E-state index in [4.69, 9.17) is 4.74 Å². The van der Waals surface area contributed by atoms with E-state index in [1.165, 1.54) is 5.56 Å². The summed E-state index contributed by atoms with van der Waals surface area (Å²) in [5, 5.41) is 0. The summed E-state index contributed by atoms with van der Waals surface area (Å²) in [6.07, 6.45) is 13.6. The van der Waals surface area contributed by atoms with E-state index in [1.54, 1.807) is 0 Å². The lowest BCUT2D eigenvalue weighted by atomic mass is 10.1. The molecule has 0 atom stereocenters. The minimum absolute atomic E-state index is 0.705. The molecule has 0 N–H and O–H groups in total. The molecule has 1 aromatic rings. The standard InChI is InChI=1S/C9H8O.C5H6/c1-2-6-9-8(4-1)5-3-7-10-9;1-2-4-5-3-1/h1-6H,7H2;1-4H,5H2. The lowest BCUT2D eigenvalue weighted by Crippen LogP contribution is -1.98. The van der Waals surface area contributed by atoms with Crippen LogP contribution in [0.15, 0.2) is 54.6 Å². The fourth-order valence-corrected chi connectivity index (χ4v) is 1.46. The molecule has 1 nitrogen and oxygen atoms in total. The SMILES string of the molecule is C1=CCC=C1.C1=Cc2ccccc2OC1. The Bertz CT molecular complexity index is 390. The van der Waals surface area contributed by atoms with Gasteiger partial charge in [0.2, 0.25) is 0 Å². The lowest BCUT2D eigenvalue weighted by Gasteiger charge is -2.10. The van der Waals surface area contributed by atoms with Gasteiger partial charge in [0.15, 0.2) is 0 Å². The molecule has 0 aromatic heterocycles. The van der Waals surface area contributed by atoms with Crippen molar-refractivity contribution >= 4 is 6.08 Å². The van der Waals surface area contributed by atoms with Crippen LogP contribution < -0.4 is 4.74 Å². The van der Waals surface area contributed by atoms with Gasteiger partial charge in [-0.2, -0.15) is 0 Å². The molecule has 15 heavy (non-hydrogen) atoms. The largest absolute Gasteiger partial charge is 0.489 e. The second kappa shape index (κ2) is 5.20. The molecular weight excluding hydrogens is 184 g/mol. The van der Waals surface area contributed by atoms with Crippen molar-refractivity contribution in [1.82, 2.24) is 0 Å². The molecular formula is C14H14O. The van der Waals surface area contributed by atoms with E-state index >= 15 is 0 Å². The van der Waals surface area contributed by atoms with Crippen LogP contribution in [0.25, 0.3) is 6.08 Å². The maximum atomic E-state index is 5.34. The molecule has 1 aliphatic carbocycles. The Morgan fingerprint density at radius 3 is 2.40 bits per heavy atom. The van der Waals surface area contributed by atoms with E-state index in [-0.39, 0.29) is 0 Å². The first kappa shape index (κ1) is 9.78. The van der Waals surface area contributed by atoms with E-state index in [0.717, 1.165) is 12.2 Å². The second-order valence-corrected chi connectivity index (χ2v) is 3.34. The van der Waals surface area contributed by atoms with E-state index in [1.807, 2.05) is 30.3 Å². The van der Waals surface area contributed by atoms with E-state index in [0.29, 0.717) is 6.61 Å². The number of benzene rings is 1. The summed E-state index contributed by atoms with van der Waals surface area (Å²) in [4.78, 5) is 0. The van der Waals surface area contributed by atoms with Gasteiger partial charge in [0.05, 0.1) is 0 Å². The molecule has 1 aromatic carbocycles. The number of allylic oxidation sites excluding steroid dienone is 4. The van der Waals surface area contributed by atoms with Crippen LogP contribution >= 0.6 is 0 Å². The van der Waals surface area contributed by atoms with Crippen LogP contribution in [0, 0.1) is 0 Å². The highest BCUT2D eigenvalue weighted by Crippen LogP contribution is 2.21. The van der Waals surface area contributed by atoms with Crippen molar-refractivity contribution in [1.29, 1.82) is 0 Å². The van der Waals surface area contributed by atoms with Gasteiger partial charge in [0, 0.05) is 5.56 Å². The Kier molecular flexibility index (Phi) is 3.39. The van der Waals surface area contributed by atoms with Gasteiger partial charge in [-0.15, -0.1) is 0 Å². The molecule has 0 amide bonds. The zero-order valence-electron chi connectivity index (χ0n) is 8.60. The normalized spacial score (nSPS) is 15.2. The van der Waals surface area contributed by atoms with Crippen LogP contribution in [0.3, 0.4) is 0 Å². The van der Waals surface area contributed by atoms with Crippen LogP contribution in [0.2, 0.25) is 0 Å². The van der Waals surface area contributed by atoms with Crippen molar-refractivity contribution in [3.63, 3.8) is 0 Å². The number of rotatable bonds is 0. The highest BCUT2D eigenvalue weighted by molar-refractivity contribution is 5.58. The third kappa shape index (κ3) is 2.84. The molecule has 2 aliphatic rings. The predicted octanol–water partition coefficient (Wildman–Crippen LogP) is 3.59. The fourth-order valence-electron chi connectivity index (χ4n) is 1.46. The Labute approximate surface area is 90.4 Å². The van der Waals surface area contributed by atoms with Gasteiger partial charge in [-0.05, 0) is 18.6 Å².